The Bertz CT molecular complexity index is 518. The monoisotopic (exact) mass is 362 g/mol. The van der Waals surface area contributed by atoms with E-state index in [1.807, 2.05) is 0 Å². The number of fused-ring (bicyclic) bond motifs is 5. The first-order valence-electron chi connectivity index (χ1n) is 11.7. The van der Waals surface area contributed by atoms with Gasteiger partial charge in [0, 0.05) is 0 Å². The number of aliphatic hydroxyl groups excluding tert-OH is 2. The Morgan fingerprint density at radius 3 is 2.31 bits per heavy atom. The lowest BCUT2D eigenvalue weighted by Crippen LogP contribution is -2.58. The van der Waals surface area contributed by atoms with E-state index in [0.717, 1.165) is 55.3 Å². The molecule has 2 nitrogen and oxygen atoms in total. The lowest BCUT2D eigenvalue weighted by molar-refractivity contribution is -0.172. The third kappa shape index (κ3) is 2.72. The van der Waals surface area contributed by atoms with Crippen LogP contribution in [0.3, 0.4) is 0 Å². The third-order valence-corrected chi connectivity index (χ3v) is 10.2. The minimum Gasteiger partial charge on any atom is -0.393 e. The van der Waals surface area contributed by atoms with Gasteiger partial charge >= 0.3 is 0 Å². The van der Waals surface area contributed by atoms with Crippen molar-refractivity contribution in [3.63, 3.8) is 0 Å². The third-order valence-electron chi connectivity index (χ3n) is 10.2. The van der Waals surface area contributed by atoms with Gasteiger partial charge < -0.3 is 10.2 Å². The van der Waals surface area contributed by atoms with Crippen molar-refractivity contribution in [3.05, 3.63) is 0 Å². The Labute approximate surface area is 161 Å². The molecule has 4 rings (SSSR count). The van der Waals surface area contributed by atoms with Crippen LogP contribution in [0, 0.1) is 46.3 Å². The largest absolute Gasteiger partial charge is 0.393 e. The van der Waals surface area contributed by atoms with Crippen LogP contribution in [0.4, 0.5) is 0 Å². The van der Waals surface area contributed by atoms with Gasteiger partial charge in [0.15, 0.2) is 0 Å². The zero-order chi connectivity index (χ0) is 18.7. The summed E-state index contributed by atoms with van der Waals surface area (Å²) >= 11 is 0. The van der Waals surface area contributed by atoms with Crippen molar-refractivity contribution in [3.8, 4) is 0 Å². The first-order valence-corrected chi connectivity index (χ1v) is 11.7. The molecule has 10 atom stereocenters. The summed E-state index contributed by atoms with van der Waals surface area (Å²) in [6.07, 6.45) is 11.8. The first kappa shape index (κ1) is 19.2. The summed E-state index contributed by atoms with van der Waals surface area (Å²) in [5.41, 5.74) is 0.767. The second kappa shape index (κ2) is 6.76. The molecule has 0 saturated heterocycles. The van der Waals surface area contributed by atoms with E-state index in [1.54, 1.807) is 0 Å². The summed E-state index contributed by atoms with van der Waals surface area (Å²) in [6, 6.07) is 0. The molecule has 4 aliphatic rings. The highest BCUT2D eigenvalue weighted by Crippen LogP contribution is 2.68. The van der Waals surface area contributed by atoms with Crippen molar-refractivity contribution < 1.29 is 10.2 Å². The van der Waals surface area contributed by atoms with Crippen LogP contribution in [0.2, 0.25) is 0 Å². The van der Waals surface area contributed by atoms with Gasteiger partial charge in [0.05, 0.1) is 12.2 Å². The molecule has 0 radical (unpaired) electrons. The molecule has 2 heteroatoms. The maximum Gasteiger partial charge on any atom is 0.0577 e. The van der Waals surface area contributed by atoms with E-state index >= 15 is 0 Å². The van der Waals surface area contributed by atoms with Gasteiger partial charge in [0.2, 0.25) is 0 Å². The quantitative estimate of drug-likeness (QED) is 0.704. The molecule has 0 aromatic rings. The molecule has 0 amide bonds. The molecule has 0 heterocycles. The van der Waals surface area contributed by atoms with Crippen LogP contribution < -0.4 is 0 Å². The summed E-state index contributed by atoms with van der Waals surface area (Å²) in [5, 5.41) is 21.3. The average molecular weight is 363 g/mol. The Hall–Kier alpha value is -0.0800. The Morgan fingerprint density at radius 1 is 0.885 bits per heavy atom. The van der Waals surface area contributed by atoms with Crippen LogP contribution in [0.15, 0.2) is 0 Å². The number of rotatable bonds is 3. The van der Waals surface area contributed by atoms with E-state index < -0.39 is 0 Å². The van der Waals surface area contributed by atoms with Gasteiger partial charge in [0.25, 0.3) is 0 Å². The summed E-state index contributed by atoms with van der Waals surface area (Å²) in [4.78, 5) is 0. The fraction of sp³-hybridized carbons (Fsp3) is 1.00. The molecule has 4 aliphatic carbocycles. The van der Waals surface area contributed by atoms with Gasteiger partial charge in [-0.15, -0.1) is 0 Å². The van der Waals surface area contributed by atoms with Crippen LogP contribution in [0.25, 0.3) is 0 Å². The second-order valence-corrected chi connectivity index (χ2v) is 11.2. The highest BCUT2D eigenvalue weighted by Gasteiger charge is 2.62. The fourth-order valence-corrected chi connectivity index (χ4v) is 8.91. The van der Waals surface area contributed by atoms with E-state index in [0.29, 0.717) is 11.3 Å². The fourth-order valence-electron chi connectivity index (χ4n) is 8.91. The van der Waals surface area contributed by atoms with E-state index in [9.17, 15) is 10.2 Å². The van der Waals surface area contributed by atoms with Gasteiger partial charge in [-0.3, -0.25) is 0 Å². The minimum atomic E-state index is -0.189. The molecule has 4 saturated carbocycles. The van der Waals surface area contributed by atoms with Crippen LogP contribution in [-0.4, -0.2) is 22.4 Å². The molecular weight excluding hydrogens is 320 g/mol. The molecular formula is C24H42O2. The summed E-state index contributed by atoms with van der Waals surface area (Å²) in [5.74, 6) is 4.40. The van der Waals surface area contributed by atoms with Crippen LogP contribution >= 0.6 is 0 Å². The Kier molecular flexibility index (Phi) is 5.01. The topological polar surface area (TPSA) is 40.5 Å². The lowest BCUT2D eigenvalue weighted by Gasteiger charge is -2.62. The van der Waals surface area contributed by atoms with Gasteiger partial charge in [0.1, 0.15) is 0 Å². The molecule has 4 fully saturated rings. The highest BCUT2D eigenvalue weighted by atomic mass is 16.3. The van der Waals surface area contributed by atoms with Gasteiger partial charge in [-0.05, 0) is 97.7 Å². The second-order valence-electron chi connectivity index (χ2n) is 11.2. The molecule has 0 aromatic carbocycles. The number of hydrogen-bond acceptors (Lipinski definition) is 2. The van der Waals surface area contributed by atoms with Crippen molar-refractivity contribution in [2.24, 2.45) is 46.3 Å². The maximum atomic E-state index is 11.1. The van der Waals surface area contributed by atoms with Crippen molar-refractivity contribution in [2.75, 3.05) is 0 Å². The van der Waals surface area contributed by atoms with E-state index in [-0.39, 0.29) is 17.6 Å². The SMILES string of the molecule is CCC[C@@H](C)[C@H]1CCC2C3C[C@H](O)[C@@H]4C[C@H](O)CC[C@]4(C)C3CC[C@@]21C. The van der Waals surface area contributed by atoms with Crippen molar-refractivity contribution in [2.45, 2.75) is 104 Å². The van der Waals surface area contributed by atoms with E-state index in [2.05, 4.69) is 27.7 Å². The highest BCUT2D eigenvalue weighted by molar-refractivity contribution is 5.11. The number of hydrogen-bond donors (Lipinski definition) is 2. The molecule has 3 unspecified atom stereocenters. The summed E-state index contributed by atoms with van der Waals surface area (Å²) < 4.78 is 0. The Morgan fingerprint density at radius 2 is 1.58 bits per heavy atom. The van der Waals surface area contributed by atoms with Crippen molar-refractivity contribution in [1.29, 1.82) is 0 Å². The van der Waals surface area contributed by atoms with Crippen molar-refractivity contribution in [1.82, 2.24) is 0 Å². The van der Waals surface area contributed by atoms with Gasteiger partial charge in [-0.2, -0.15) is 0 Å². The molecule has 0 aliphatic heterocycles. The predicted octanol–water partition coefficient (Wildman–Crippen LogP) is 5.41. The maximum absolute atomic E-state index is 11.1. The molecule has 0 spiro atoms. The predicted molar refractivity (Wildman–Crippen MR) is 107 cm³/mol. The zero-order valence-electron chi connectivity index (χ0n) is 17.6. The van der Waals surface area contributed by atoms with Crippen LogP contribution in [0.1, 0.15) is 91.9 Å². The van der Waals surface area contributed by atoms with Gasteiger partial charge in [-0.25, -0.2) is 0 Å². The normalized spacial score (nSPS) is 54.9. The summed E-state index contributed by atoms with van der Waals surface area (Å²) in [6.45, 7) is 9.92. The van der Waals surface area contributed by atoms with Crippen LogP contribution in [-0.2, 0) is 0 Å². The van der Waals surface area contributed by atoms with Crippen LogP contribution in [0.5, 0.6) is 0 Å². The zero-order valence-corrected chi connectivity index (χ0v) is 17.6. The first-order chi connectivity index (χ1) is 12.3. The smallest absolute Gasteiger partial charge is 0.0577 e. The molecule has 26 heavy (non-hydrogen) atoms. The van der Waals surface area contributed by atoms with E-state index in [1.165, 1.54) is 38.5 Å². The lowest BCUT2D eigenvalue weighted by atomic mass is 9.44. The molecule has 2 N–H and O–H groups in total. The molecule has 150 valence electrons. The number of aliphatic hydroxyl groups is 2. The Balaban J connectivity index is 1.60. The van der Waals surface area contributed by atoms with Crippen molar-refractivity contribution >= 4 is 0 Å². The molecule has 0 bridgehead atoms. The standard InChI is InChI=1S/C24H42O2/c1-5-6-15(2)18-7-8-19-17-14-22(26)21-13-16(25)9-11-24(21,4)20(17)10-12-23(18,19)3/h15-22,25-26H,5-14H2,1-4H3/t15-,16-,17?,18-,19?,20?,21+,22+,23-,24-/m1/s1. The van der Waals surface area contributed by atoms with Gasteiger partial charge in [-0.1, -0.05) is 40.5 Å². The minimum absolute atomic E-state index is 0.182. The average Bonchev–Trinajstić information content (AvgIpc) is 2.94. The molecule has 0 aromatic heterocycles. The van der Waals surface area contributed by atoms with E-state index in [4.69, 9.17) is 0 Å². The summed E-state index contributed by atoms with van der Waals surface area (Å²) in [7, 11) is 0.